The van der Waals surface area contributed by atoms with Crippen LogP contribution in [0, 0.1) is 17.1 Å². The van der Waals surface area contributed by atoms with Crippen LogP contribution in [0.4, 0.5) is 4.39 Å². The van der Waals surface area contributed by atoms with Gasteiger partial charge in [-0.3, -0.25) is 4.90 Å². The zero-order valence-corrected chi connectivity index (χ0v) is 10.3. The van der Waals surface area contributed by atoms with Crippen LogP contribution in [0.2, 0.25) is 0 Å². The first kappa shape index (κ1) is 12.8. The van der Waals surface area contributed by atoms with E-state index in [2.05, 4.69) is 11.0 Å². The fourth-order valence-corrected chi connectivity index (χ4v) is 2.25. The lowest BCUT2D eigenvalue weighted by Gasteiger charge is -2.25. The molecule has 0 spiro atoms. The van der Waals surface area contributed by atoms with Gasteiger partial charge in [0, 0.05) is 0 Å². The number of nitriles is 1. The van der Waals surface area contributed by atoms with E-state index in [1.807, 2.05) is 0 Å². The number of halogens is 1. The van der Waals surface area contributed by atoms with Crippen molar-refractivity contribution in [2.24, 2.45) is 0 Å². The largest absolute Gasteiger partial charge is 0.489 e. The lowest BCUT2D eigenvalue weighted by atomic mass is 10.2. The lowest BCUT2D eigenvalue weighted by Crippen LogP contribution is -2.37. The van der Waals surface area contributed by atoms with Gasteiger partial charge in [-0.15, -0.1) is 0 Å². The minimum Gasteiger partial charge on any atom is -0.489 e. The molecule has 1 heterocycles. The summed E-state index contributed by atoms with van der Waals surface area (Å²) in [6.07, 6.45) is 2.76. The van der Waals surface area contributed by atoms with Crippen LogP contribution in [0.3, 0.4) is 0 Å². The molecule has 18 heavy (non-hydrogen) atoms. The van der Waals surface area contributed by atoms with E-state index in [9.17, 15) is 4.39 Å². The maximum atomic E-state index is 13.4. The molecule has 1 fully saturated rings. The van der Waals surface area contributed by atoms with Crippen molar-refractivity contribution in [2.75, 3.05) is 19.7 Å². The number of para-hydroxylation sites is 1. The van der Waals surface area contributed by atoms with Crippen LogP contribution in [0.1, 0.15) is 19.3 Å². The fraction of sp³-hybridized carbons (Fsp3) is 0.500. The summed E-state index contributed by atoms with van der Waals surface area (Å²) in [4.78, 5) is 2.25. The highest BCUT2D eigenvalue weighted by molar-refractivity contribution is 5.23. The quantitative estimate of drug-likeness (QED) is 0.803. The lowest BCUT2D eigenvalue weighted by molar-refractivity contribution is 0.159. The summed E-state index contributed by atoms with van der Waals surface area (Å²) in [5.74, 6) is -0.0886. The van der Waals surface area contributed by atoms with E-state index in [0.717, 1.165) is 13.1 Å². The Labute approximate surface area is 107 Å². The maximum absolute atomic E-state index is 13.4. The fourth-order valence-electron chi connectivity index (χ4n) is 2.25. The van der Waals surface area contributed by atoms with Gasteiger partial charge >= 0.3 is 0 Å². The first-order valence-corrected chi connectivity index (χ1v) is 6.29. The predicted molar refractivity (Wildman–Crippen MR) is 66.7 cm³/mol. The Kier molecular flexibility index (Phi) is 4.54. The van der Waals surface area contributed by atoms with Gasteiger partial charge in [-0.05, 0) is 38.1 Å². The molecule has 3 nitrogen and oxygen atoms in total. The van der Waals surface area contributed by atoms with Gasteiger partial charge in [-0.2, -0.15) is 5.26 Å². The first-order chi connectivity index (χ1) is 8.81. The number of nitrogens with zero attached hydrogens (tertiary/aromatic N) is 2. The van der Waals surface area contributed by atoms with E-state index in [4.69, 9.17) is 10.00 Å². The van der Waals surface area contributed by atoms with E-state index >= 15 is 0 Å². The highest BCUT2D eigenvalue weighted by Gasteiger charge is 2.22. The zero-order valence-electron chi connectivity index (χ0n) is 10.3. The molecule has 1 unspecified atom stereocenters. The molecule has 2 rings (SSSR count). The molecular formula is C14H17FN2O. The number of likely N-dealkylation sites (tertiary alicyclic amines) is 1. The Hall–Kier alpha value is -1.60. The first-order valence-electron chi connectivity index (χ1n) is 6.29. The molecule has 1 atom stereocenters. The molecule has 1 aromatic carbocycles. The van der Waals surface area contributed by atoms with E-state index < -0.39 is 0 Å². The average molecular weight is 248 g/mol. The minimum absolute atomic E-state index is 0.0668. The van der Waals surface area contributed by atoms with Crippen LogP contribution in [0.15, 0.2) is 24.3 Å². The second kappa shape index (κ2) is 6.36. The highest BCUT2D eigenvalue weighted by atomic mass is 19.1. The van der Waals surface area contributed by atoms with Gasteiger partial charge in [0.15, 0.2) is 11.6 Å². The minimum atomic E-state index is -0.352. The smallest absolute Gasteiger partial charge is 0.165 e. The predicted octanol–water partition coefficient (Wildman–Crippen LogP) is 2.58. The summed E-state index contributed by atoms with van der Waals surface area (Å²) in [7, 11) is 0. The zero-order chi connectivity index (χ0) is 12.8. The van der Waals surface area contributed by atoms with Crippen molar-refractivity contribution in [3.05, 3.63) is 30.1 Å². The molecule has 1 aromatic rings. The number of rotatable bonds is 5. The van der Waals surface area contributed by atoms with Crippen LogP contribution in [0.5, 0.6) is 5.75 Å². The van der Waals surface area contributed by atoms with Gasteiger partial charge in [-0.1, -0.05) is 12.1 Å². The van der Waals surface area contributed by atoms with Crippen molar-refractivity contribution >= 4 is 0 Å². The van der Waals surface area contributed by atoms with Crippen molar-refractivity contribution in [2.45, 2.75) is 25.3 Å². The maximum Gasteiger partial charge on any atom is 0.165 e. The second-order valence-electron chi connectivity index (χ2n) is 4.50. The van der Waals surface area contributed by atoms with E-state index in [0.29, 0.717) is 13.0 Å². The number of hydrogen-bond donors (Lipinski definition) is 0. The van der Waals surface area contributed by atoms with Crippen LogP contribution in [-0.2, 0) is 0 Å². The van der Waals surface area contributed by atoms with Gasteiger partial charge in [0.25, 0.3) is 0 Å². The second-order valence-corrected chi connectivity index (χ2v) is 4.50. The molecule has 1 saturated heterocycles. The Morgan fingerprint density at radius 3 is 2.72 bits per heavy atom. The SMILES string of the molecule is N#CCC(COc1ccccc1F)N1CCCC1. The molecule has 0 radical (unpaired) electrons. The molecule has 0 saturated carbocycles. The third-order valence-electron chi connectivity index (χ3n) is 3.25. The number of hydrogen-bond acceptors (Lipinski definition) is 3. The van der Waals surface area contributed by atoms with E-state index in [1.165, 1.54) is 18.9 Å². The van der Waals surface area contributed by atoms with E-state index in [1.54, 1.807) is 18.2 Å². The summed E-state index contributed by atoms with van der Waals surface area (Å²) < 4.78 is 18.9. The van der Waals surface area contributed by atoms with Gasteiger partial charge in [0.2, 0.25) is 0 Å². The van der Waals surface area contributed by atoms with Gasteiger partial charge in [-0.25, -0.2) is 4.39 Å². The molecule has 96 valence electrons. The summed E-state index contributed by atoms with van der Waals surface area (Å²) in [6, 6.07) is 8.62. The highest BCUT2D eigenvalue weighted by Crippen LogP contribution is 2.18. The summed E-state index contributed by atoms with van der Waals surface area (Å²) in [5, 5.41) is 8.84. The standard InChI is InChI=1S/C14H17FN2O/c15-13-5-1-2-6-14(13)18-11-12(7-8-16)17-9-3-4-10-17/h1-2,5-6,12H,3-4,7,9-11H2. The average Bonchev–Trinajstić information content (AvgIpc) is 2.90. The molecule has 1 aliphatic heterocycles. The van der Waals surface area contributed by atoms with Crippen LogP contribution >= 0.6 is 0 Å². The third kappa shape index (κ3) is 3.21. The third-order valence-corrected chi connectivity index (χ3v) is 3.25. The number of benzene rings is 1. The summed E-state index contributed by atoms with van der Waals surface area (Å²) in [6.45, 7) is 2.38. The molecule has 4 heteroatoms. The number of ether oxygens (including phenoxy) is 1. The van der Waals surface area contributed by atoms with Crippen molar-refractivity contribution in [3.63, 3.8) is 0 Å². The molecule has 0 bridgehead atoms. The molecular weight excluding hydrogens is 231 g/mol. The monoisotopic (exact) mass is 248 g/mol. The molecule has 0 N–H and O–H groups in total. The topological polar surface area (TPSA) is 36.3 Å². The van der Waals surface area contributed by atoms with Gasteiger partial charge in [0.1, 0.15) is 6.61 Å². The Balaban J connectivity index is 1.93. The summed E-state index contributed by atoms with van der Waals surface area (Å²) >= 11 is 0. The Bertz CT molecular complexity index is 424. The normalized spacial score (nSPS) is 17.3. The van der Waals surface area contributed by atoms with Crippen molar-refractivity contribution < 1.29 is 9.13 Å². The van der Waals surface area contributed by atoms with Crippen LogP contribution < -0.4 is 4.74 Å². The van der Waals surface area contributed by atoms with Gasteiger partial charge < -0.3 is 4.74 Å². The Morgan fingerprint density at radius 1 is 1.33 bits per heavy atom. The van der Waals surface area contributed by atoms with E-state index in [-0.39, 0.29) is 17.6 Å². The van der Waals surface area contributed by atoms with Crippen molar-refractivity contribution in [3.8, 4) is 11.8 Å². The molecule has 0 amide bonds. The summed E-state index contributed by atoms with van der Waals surface area (Å²) in [5.41, 5.74) is 0. The Morgan fingerprint density at radius 2 is 2.06 bits per heavy atom. The van der Waals surface area contributed by atoms with Crippen LogP contribution in [-0.4, -0.2) is 30.6 Å². The van der Waals surface area contributed by atoms with Crippen LogP contribution in [0.25, 0.3) is 0 Å². The molecule has 0 aliphatic carbocycles. The van der Waals surface area contributed by atoms with Crippen molar-refractivity contribution in [1.29, 1.82) is 5.26 Å². The van der Waals surface area contributed by atoms with Crippen molar-refractivity contribution in [1.82, 2.24) is 4.90 Å². The van der Waals surface area contributed by atoms with Gasteiger partial charge in [0.05, 0.1) is 18.5 Å². The molecule has 1 aliphatic rings. The molecule has 0 aromatic heterocycles.